The molecule has 10 nitrogen and oxygen atoms in total. The van der Waals surface area contributed by atoms with E-state index in [1.807, 2.05) is 12.1 Å². The number of aliphatic hydroxyl groups is 1. The van der Waals surface area contributed by atoms with E-state index < -0.39 is 26.2 Å². The molecule has 0 amide bonds. The van der Waals surface area contributed by atoms with Gasteiger partial charge in [0.2, 0.25) is 20.0 Å². The quantitative estimate of drug-likeness (QED) is 0.335. The highest BCUT2D eigenvalue weighted by atomic mass is 32.2. The van der Waals surface area contributed by atoms with Gasteiger partial charge in [0.1, 0.15) is 24.2 Å². The van der Waals surface area contributed by atoms with Crippen molar-refractivity contribution in [3.8, 4) is 11.5 Å². The molecule has 4 N–H and O–H groups in total. The van der Waals surface area contributed by atoms with Gasteiger partial charge in [0, 0.05) is 17.8 Å². The van der Waals surface area contributed by atoms with Gasteiger partial charge in [-0.3, -0.25) is 9.44 Å². The van der Waals surface area contributed by atoms with Gasteiger partial charge in [-0.25, -0.2) is 16.8 Å². The topological polar surface area (TPSA) is 143 Å². The zero-order chi connectivity index (χ0) is 24.1. The Kier molecular flexibility index (Phi) is 8.05. The molecule has 1 aliphatic rings. The first-order valence-corrected chi connectivity index (χ1v) is 13.9. The van der Waals surface area contributed by atoms with Crippen LogP contribution in [0.15, 0.2) is 36.4 Å². The van der Waals surface area contributed by atoms with Crippen LogP contribution in [0.25, 0.3) is 0 Å². The Labute approximate surface area is 194 Å². The van der Waals surface area contributed by atoms with Gasteiger partial charge in [-0.2, -0.15) is 0 Å². The van der Waals surface area contributed by atoms with Crippen molar-refractivity contribution in [3.05, 3.63) is 47.5 Å². The van der Waals surface area contributed by atoms with Gasteiger partial charge < -0.3 is 19.9 Å². The van der Waals surface area contributed by atoms with E-state index in [0.717, 1.165) is 11.8 Å². The van der Waals surface area contributed by atoms with E-state index in [4.69, 9.17) is 9.47 Å². The highest BCUT2D eigenvalue weighted by Gasteiger charge is 2.26. The van der Waals surface area contributed by atoms with Crippen molar-refractivity contribution >= 4 is 31.4 Å². The Balaban J connectivity index is 1.45. The molecule has 0 aromatic heterocycles. The average molecular weight is 500 g/mol. The second-order valence-corrected chi connectivity index (χ2v) is 11.4. The van der Waals surface area contributed by atoms with Crippen LogP contribution in [0, 0.1) is 0 Å². The Morgan fingerprint density at radius 1 is 1.15 bits per heavy atom. The number of benzene rings is 2. The molecule has 1 heterocycles. The zero-order valence-electron chi connectivity index (χ0n) is 18.5. The summed E-state index contributed by atoms with van der Waals surface area (Å²) in [6.07, 6.45) is 1.34. The normalized spacial score (nSPS) is 15.7. The second-order valence-electron chi connectivity index (χ2n) is 7.78. The van der Waals surface area contributed by atoms with Gasteiger partial charge in [0.25, 0.3) is 0 Å². The fourth-order valence-electron chi connectivity index (χ4n) is 3.42. The van der Waals surface area contributed by atoms with E-state index in [0.29, 0.717) is 54.4 Å². The van der Waals surface area contributed by atoms with Crippen LogP contribution in [0.4, 0.5) is 11.4 Å². The van der Waals surface area contributed by atoms with E-state index >= 15 is 0 Å². The van der Waals surface area contributed by atoms with Crippen LogP contribution in [-0.2, 0) is 32.9 Å². The average Bonchev–Trinajstić information content (AvgIpc) is 2.74. The number of ether oxygens (including phenoxy) is 2. The molecule has 12 heteroatoms. The molecule has 1 aliphatic heterocycles. The lowest BCUT2D eigenvalue weighted by Crippen LogP contribution is -2.33. The van der Waals surface area contributed by atoms with Crippen LogP contribution >= 0.6 is 0 Å². The third-order valence-corrected chi connectivity index (χ3v) is 6.85. The van der Waals surface area contributed by atoms with E-state index in [1.54, 1.807) is 24.3 Å². The number of sulfonamides is 2. The van der Waals surface area contributed by atoms with Crippen molar-refractivity contribution in [2.24, 2.45) is 0 Å². The third-order valence-electron chi connectivity index (χ3n) is 4.99. The summed E-state index contributed by atoms with van der Waals surface area (Å²) in [5.74, 6) is 0.886. The monoisotopic (exact) mass is 499 g/mol. The number of anilines is 2. The standard InChI is InChI=1S/C21H29N3O7S2/c1-30-20-8-7-19(18-10-12-33(28,29)24-21(18)20)31-14-17(25)13-22-11-9-15-3-5-16(6-4-15)23-32(2,26)27/h3-8,17,22-25H,9-14H2,1-2H3. The molecule has 3 rings (SSSR count). The molecule has 0 saturated carbocycles. The zero-order valence-corrected chi connectivity index (χ0v) is 20.1. The van der Waals surface area contributed by atoms with E-state index in [9.17, 15) is 21.9 Å². The fraction of sp³-hybridized carbons (Fsp3) is 0.429. The third kappa shape index (κ3) is 7.49. The maximum atomic E-state index is 11.9. The minimum atomic E-state index is -3.40. The predicted molar refractivity (Wildman–Crippen MR) is 127 cm³/mol. The lowest BCUT2D eigenvalue weighted by Gasteiger charge is -2.24. The van der Waals surface area contributed by atoms with Crippen molar-refractivity contribution < 1.29 is 31.4 Å². The largest absolute Gasteiger partial charge is 0.495 e. The number of rotatable bonds is 11. The van der Waals surface area contributed by atoms with Crippen molar-refractivity contribution in [1.82, 2.24) is 5.32 Å². The Hall–Kier alpha value is -2.54. The number of aliphatic hydroxyl groups excluding tert-OH is 1. The Morgan fingerprint density at radius 3 is 2.52 bits per heavy atom. The van der Waals surface area contributed by atoms with Crippen molar-refractivity contribution in [2.45, 2.75) is 18.9 Å². The fourth-order valence-corrected chi connectivity index (χ4v) is 5.09. The molecule has 0 bridgehead atoms. The SMILES string of the molecule is COc1ccc(OCC(O)CNCCc2ccc(NS(C)(=O)=O)cc2)c2c1NS(=O)(=O)CC2. The van der Waals surface area contributed by atoms with Crippen molar-refractivity contribution in [3.63, 3.8) is 0 Å². The predicted octanol–water partition coefficient (Wildman–Crippen LogP) is 0.936. The van der Waals surface area contributed by atoms with Crippen LogP contribution in [-0.4, -0.2) is 66.9 Å². The summed E-state index contributed by atoms with van der Waals surface area (Å²) < 4.78 is 62.2. The summed E-state index contributed by atoms with van der Waals surface area (Å²) in [5.41, 5.74) is 2.62. The summed E-state index contributed by atoms with van der Waals surface area (Å²) in [6, 6.07) is 10.4. The molecule has 0 fully saturated rings. The van der Waals surface area contributed by atoms with Crippen LogP contribution in [0.5, 0.6) is 11.5 Å². The minimum Gasteiger partial charge on any atom is -0.495 e. The molecule has 2 aromatic rings. The summed E-state index contributed by atoms with van der Waals surface area (Å²) in [5, 5.41) is 13.4. The van der Waals surface area contributed by atoms with Gasteiger partial charge in [-0.1, -0.05) is 12.1 Å². The second kappa shape index (κ2) is 10.6. The number of hydrogen-bond donors (Lipinski definition) is 4. The Bertz CT molecular complexity index is 1170. The van der Waals surface area contributed by atoms with E-state index in [1.165, 1.54) is 7.11 Å². The van der Waals surface area contributed by atoms with Crippen LogP contribution in [0.1, 0.15) is 11.1 Å². The van der Waals surface area contributed by atoms with Crippen LogP contribution in [0.3, 0.4) is 0 Å². The molecule has 0 aliphatic carbocycles. The number of hydrogen-bond acceptors (Lipinski definition) is 8. The number of nitrogens with one attached hydrogen (secondary N) is 3. The first kappa shape index (κ1) is 25.1. The molecule has 33 heavy (non-hydrogen) atoms. The first-order valence-electron chi connectivity index (χ1n) is 10.3. The molecular weight excluding hydrogens is 470 g/mol. The Morgan fingerprint density at radius 2 is 1.85 bits per heavy atom. The molecule has 0 saturated heterocycles. The lowest BCUT2D eigenvalue weighted by atomic mass is 10.1. The van der Waals surface area contributed by atoms with Crippen LogP contribution < -0.4 is 24.2 Å². The van der Waals surface area contributed by atoms with Gasteiger partial charge >= 0.3 is 0 Å². The maximum Gasteiger partial charge on any atom is 0.233 e. The highest BCUT2D eigenvalue weighted by molar-refractivity contribution is 7.92. The smallest absolute Gasteiger partial charge is 0.233 e. The van der Waals surface area contributed by atoms with E-state index in [-0.39, 0.29) is 12.4 Å². The van der Waals surface area contributed by atoms with Gasteiger partial charge in [-0.15, -0.1) is 0 Å². The number of methoxy groups -OCH3 is 1. The maximum absolute atomic E-state index is 11.9. The van der Waals surface area contributed by atoms with Gasteiger partial charge in [0.15, 0.2) is 0 Å². The van der Waals surface area contributed by atoms with Crippen molar-refractivity contribution in [1.29, 1.82) is 0 Å². The first-order chi connectivity index (χ1) is 15.6. The molecule has 1 atom stereocenters. The molecule has 1 unspecified atom stereocenters. The highest BCUT2D eigenvalue weighted by Crippen LogP contribution is 2.39. The summed E-state index contributed by atoms with van der Waals surface area (Å²) in [4.78, 5) is 0. The molecule has 0 radical (unpaired) electrons. The van der Waals surface area contributed by atoms with Gasteiger partial charge in [0.05, 0.1) is 24.8 Å². The minimum absolute atomic E-state index is 0.0427. The molecular formula is C21H29N3O7S2. The van der Waals surface area contributed by atoms with Crippen molar-refractivity contribution in [2.75, 3.05) is 48.3 Å². The summed E-state index contributed by atoms with van der Waals surface area (Å²) >= 11 is 0. The molecule has 2 aromatic carbocycles. The summed E-state index contributed by atoms with van der Waals surface area (Å²) in [7, 11) is -5.23. The summed E-state index contributed by atoms with van der Waals surface area (Å²) in [6.45, 7) is 0.985. The molecule has 0 spiro atoms. The number of fused-ring (bicyclic) bond motifs is 1. The van der Waals surface area contributed by atoms with Crippen LogP contribution in [0.2, 0.25) is 0 Å². The lowest BCUT2D eigenvalue weighted by molar-refractivity contribution is 0.106. The van der Waals surface area contributed by atoms with Gasteiger partial charge in [-0.05, 0) is 49.2 Å². The van der Waals surface area contributed by atoms with E-state index in [2.05, 4.69) is 14.8 Å². The molecule has 182 valence electrons.